The first-order valence-electron chi connectivity index (χ1n) is 6.79. The van der Waals surface area contributed by atoms with Crippen LogP contribution < -0.4 is 10.6 Å². The molecule has 4 amide bonds. The summed E-state index contributed by atoms with van der Waals surface area (Å²) in [7, 11) is 0. The first kappa shape index (κ1) is 16.2. The smallest absolute Gasteiger partial charge is 0.288 e. The van der Waals surface area contributed by atoms with E-state index in [1.54, 1.807) is 0 Å². The van der Waals surface area contributed by atoms with Crippen molar-refractivity contribution in [2.24, 2.45) is 0 Å². The van der Waals surface area contributed by atoms with Gasteiger partial charge in [0.15, 0.2) is 0 Å². The molecule has 7 nitrogen and oxygen atoms in total. The van der Waals surface area contributed by atoms with Crippen LogP contribution in [0.2, 0.25) is 0 Å². The second-order valence-electron chi connectivity index (χ2n) is 4.83. The Morgan fingerprint density at radius 2 is 2.00 bits per heavy atom. The zero-order chi connectivity index (χ0) is 15.2. The molecule has 0 radical (unpaired) electrons. The van der Waals surface area contributed by atoms with Gasteiger partial charge in [0.2, 0.25) is 5.91 Å². The lowest BCUT2D eigenvalue weighted by molar-refractivity contribution is -0.124. The van der Waals surface area contributed by atoms with Crippen molar-refractivity contribution in [2.45, 2.75) is 31.7 Å². The lowest BCUT2D eigenvalue weighted by Crippen LogP contribution is -2.30. The third-order valence-electron chi connectivity index (χ3n) is 3.00. The van der Waals surface area contributed by atoms with Crippen LogP contribution in [0.4, 0.5) is 14.4 Å². The largest absolute Gasteiger partial charge is 0.347 e. The zero-order valence-electron chi connectivity index (χ0n) is 11.4. The summed E-state index contributed by atoms with van der Waals surface area (Å²) in [6, 6.07) is 0.242. The first-order chi connectivity index (χ1) is 10.1. The predicted molar refractivity (Wildman–Crippen MR) is 81.3 cm³/mol. The molecule has 21 heavy (non-hydrogen) atoms. The highest BCUT2D eigenvalue weighted by Crippen LogP contribution is 2.20. The molecule has 116 valence electrons. The van der Waals surface area contributed by atoms with Crippen molar-refractivity contribution in [1.82, 2.24) is 15.5 Å². The number of thioether (sulfide) groups is 2. The highest BCUT2D eigenvalue weighted by molar-refractivity contribution is 8.26. The maximum Gasteiger partial charge on any atom is 0.288 e. The average Bonchev–Trinajstić information content (AvgIpc) is 3.17. The third-order valence-corrected chi connectivity index (χ3v) is 4.49. The van der Waals surface area contributed by atoms with Gasteiger partial charge < -0.3 is 10.6 Å². The summed E-state index contributed by atoms with van der Waals surface area (Å²) < 4.78 is 0. The zero-order valence-corrected chi connectivity index (χ0v) is 13.1. The number of nitrogens with one attached hydrogen (secondary N) is 2. The molecule has 0 aromatic heterocycles. The van der Waals surface area contributed by atoms with Crippen molar-refractivity contribution in [3.63, 3.8) is 0 Å². The van der Waals surface area contributed by atoms with Crippen LogP contribution in [0.5, 0.6) is 0 Å². The molecule has 2 rings (SSSR count). The van der Waals surface area contributed by atoms with Crippen LogP contribution in [0, 0.1) is 0 Å². The summed E-state index contributed by atoms with van der Waals surface area (Å²) >= 11 is 1.65. The fraction of sp³-hybridized carbons (Fsp3) is 0.667. The summed E-state index contributed by atoms with van der Waals surface area (Å²) in [6.07, 6.45) is 3.26. The van der Waals surface area contributed by atoms with Crippen molar-refractivity contribution in [2.75, 3.05) is 18.8 Å². The van der Waals surface area contributed by atoms with Gasteiger partial charge in [-0.15, -0.1) is 0 Å². The third kappa shape index (κ3) is 5.58. The average molecular weight is 331 g/mol. The molecule has 1 aliphatic heterocycles. The number of carbonyl (C=O) groups excluding carboxylic acids is 4. The lowest BCUT2D eigenvalue weighted by atomic mass is 10.3. The number of unbranched alkanes of at least 4 members (excludes halogenated alkanes) is 1. The summed E-state index contributed by atoms with van der Waals surface area (Å²) in [5.74, 6) is 0.0730. The molecule has 9 heteroatoms. The maximum atomic E-state index is 11.4. The highest BCUT2D eigenvalue weighted by atomic mass is 32.2. The minimum absolute atomic E-state index is 0.152. The quantitative estimate of drug-likeness (QED) is 0.720. The fourth-order valence-corrected chi connectivity index (χ4v) is 3.05. The van der Waals surface area contributed by atoms with E-state index in [0.717, 1.165) is 24.6 Å². The van der Waals surface area contributed by atoms with Gasteiger partial charge in [-0.2, -0.15) is 0 Å². The van der Waals surface area contributed by atoms with Crippen LogP contribution in [-0.2, 0) is 4.79 Å². The molecular weight excluding hydrogens is 314 g/mol. The van der Waals surface area contributed by atoms with E-state index in [1.165, 1.54) is 4.90 Å². The van der Waals surface area contributed by atoms with Gasteiger partial charge in [-0.25, -0.2) is 0 Å². The van der Waals surface area contributed by atoms with Gasteiger partial charge in [0.05, 0.1) is 5.75 Å². The van der Waals surface area contributed by atoms with Gasteiger partial charge in [-0.1, -0.05) is 11.8 Å². The summed E-state index contributed by atoms with van der Waals surface area (Å²) in [5, 5.41) is 4.44. The Morgan fingerprint density at radius 1 is 1.24 bits per heavy atom. The normalized spacial score (nSPS) is 18.0. The van der Waals surface area contributed by atoms with Crippen LogP contribution in [0.3, 0.4) is 0 Å². The number of carbonyl (C=O) groups is 4. The number of amides is 4. The first-order valence-corrected chi connectivity index (χ1v) is 8.60. The van der Waals surface area contributed by atoms with Gasteiger partial charge in [0.1, 0.15) is 0 Å². The second-order valence-corrected chi connectivity index (χ2v) is 6.70. The van der Waals surface area contributed by atoms with Crippen LogP contribution in [-0.4, -0.2) is 51.4 Å². The van der Waals surface area contributed by atoms with Crippen LogP contribution in [0.25, 0.3) is 0 Å². The van der Waals surface area contributed by atoms with E-state index >= 15 is 0 Å². The minimum atomic E-state index is -0.378. The Hall–Kier alpha value is -1.22. The topological polar surface area (TPSA) is 95.6 Å². The Morgan fingerprint density at radius 3 is 2.62 bits per heavy atom. The maximum absolute atomic E-state index is 11.4. The van der Waals surface area contributed by atoms with E-state index in [1.807, 2.05) is 0 Å². The molecule has 0 aromatic rings. The van der Waals surface area contributed by atoms with E-state index in [9.17, 15) is 19.2 Å². The minimum Gasteiger partial charge on any atom is -0.347 e. The molecular formula is C12H17N3O4S2. The van der Waals surface area contributed by atoms with E-state index in [4.69, 9.17) is 0 Å². The van der Waals surface area contributed by atoms with E-state index in [-0.39, 0.29) is 33.4 Å². The summed E-state index contributed by atoms with van der Waals surface area (Å²) in [4.78, 5) is 46.7. The molecule has 2 N–H and O–H groups in total. The molecule has 0 atom stereocenters. The number of hydrogen-bond donors (Lipinski definition) is 2. The standard InChI is InChI=1S/C12H17N3O4S2/c16-9-7-20-12(19)15(9)6-2-1-5-13-10(17)21-11(18)14-8-3-4-8/h8H,1-7H2,(H,13,17)(H,14,18). The van der Waals surface area contributed by atoms with E-state index in [0.29, 0.717) is 37.7 Å². The SMILES string of the molecule is O=C(NCCCCN1C(=O)CSC1=O)SC(=O)NC1CC1. The number of imide groups is 1. The molecule has 1 heterocycles. The monoisotopic (exact) mass is 331 g/mol. The van der Waals surface area contributed by atoms with Gasteiger partial charge in [-0.05, 0) is 25.7 Å². The van der Waals surface area contributed by atoms with Crippen molar-refractivity contribution < 1.29 is 19.2 Å². The number of nitrogens with zero attached hydrogens (tertiary/aromatic N) is 1. The molecule has 1 aliphatic carbocycles. The van der Waals surface area contributed by atoms with Gasteiger partial charge >= 0.3 is 0 Å². The van der Waals surface area contributed by atoms with E-state index in [2.05, 4.69) is 10.6 Å². The predicted octanol–water partition coefficient (Wildman–Crippen LogP) is 1.78. The van der Waals surface area contributed by atoms with Crippen LogP contribution >= 0.6 is 23.5 Å². The summed E-state index contributed by atoms with van der Waals surface area (Å²) in [6.45, 7) is 0.807. The molecule has 0 unspecified atom stereocenters. The van der Waals surface area contributed by atoms with Crippen LogP contribution in [0.1, 0.15) is 25.7 Å². The Balaban J connectivity index is 1.50. The Bertz CT molecular complexity index is 438. The molecule has 0 spiro atoms. The molecule has 2 fully saturated rings. The van der Waals surface area contributed by atoms with Crippen molar-refractivity contribution in [3.8, 4) is 0 Å². The lowest BCUT2D eigenvalue weighted by Gasteiger charge is -2.12. The molecule has 0 bridgehead atoms. The molecule has 1 saturated heterocycles. The summed E-state index contributed by atoms with van der Waals surface area (Å²) in [5.41, 5.74) is 0. The van der Waals surface area contributed by atoms with Crippen molar-refractivity contribution in [1.29, 1.82) is 0 Å². The molecule has 1 saturated carbocycles. The Kier molecular flexibility index (Phi) is 5.92. The van der Waals surface area contributed by atoms with Gasteiger partial charge in [0, 0.05) is 30.9 Å². The van der Waals surface area contributed by atoms with Gasteiger partial charge in [-0.3, -0.25) is 24.1 Å². The number of hydrogen-bond acceptors (Lipinski definition) is 6. The molecule has 2 aliphatic rings. The van der Waals surface area contributed by atoms with Crippen LogP contribution in [0.15, 0.2) is 0 Å². The molecule has 0 aromatic carbocycles. The van der Waals surface area contributed by atoms with Gasteiger partial charge in [0.25, 0.3) is 15.7 Å². The van der Waals surface area contributed by atoms with Crippen molar-refractivity contribution >= 4 is 45.1 Å². The van der Waals surface area contributed by atoms with Crippen molar-refractivity contribution in [3.05, 3.63) is 0 Å². The highest BCUT2D eigenvalue weighted by Gasteiger charge is 2.29. The second kappa shape index (κ2) is 7.69. The van der Waals surface area contributed by atoms with E-state index < -0.39 is 0 Å². The fourth-order valence-electron chi connectivity index (χ4n) is 1.73. The number of rotatable bonds is 6. The Labute approximate surface area is 130 Å².